The number of nitrogens with one attached hydrogen (secondary N) is 1. The fourth-order valence-corrected chi connectivity index (χ4v) is 2.72. The van der Waals surface area contributed by atoms with Crippen LogP contribution in [0.3, 0.4) is 0 Å². The number of hydrogen-bond donors (Lipinski definition) is 2. The summed E-state index contributed by atoms with van der Waals surface area (Å²) in [7, 11) is 1.84. The van der Waals surface area contributed by atoms with Gasteiger partial charge in [0.1, 0.15) is 6.54 Å². The molecule has 0 saturated heterocycles. The highest BCUT2D eigenvalue weighted by molar-refractivity contribution is 5.80. The maximum atomic E-state index is 12.3. The first-order chi connectivity index (χ1) is 9.99. The molecule has 0 bridgehead atoms. The van der Waals surface area contributed by atoms with Crippen LogP contribution in [-0.4, -0.2) is 44.4 Å². The van der Waals surface area contributed by atoms with Gasteiger partial charge in [0.05, 0.1) is 6.20 Å². The molecule has 1 fully saturated rings. The van der Waals surface area contributed by atoms with Gasteiger partial charge >= 0.3 is 12.0 Å². The second kappa shape index (κ2) is 6.60. The Bertz CT molecular complexity index is 520. The van der Waals surface area contributed by atoms with E-state index in [-0.39, 0.29) is 18.6 Å². The lowest BCUT2D eigenvalue weighted by molar-refractivity contribution is -0.138. The Morgan fingerprint density at radius 2 is 2.14 bits per heavy atom. The Kier molecular flexibility index (Phi) is 4.82. The van der Waals surface area contributed by atoms with Gasteiger partial charge in [-0.05, 0) is 19.8 Å². The van der Waals surface area contributed by atoms with Gasteiger partial charge in [-0.1, -0.05) is 12.8 Å². The van der Waals surface area contributed by atoms with Crippen LogP contribution in [-0.2, 0) is 18.4 Å². The molecule has 0 atom stereocenters. The summed E-state index contributed by atoms with van der Waals surface area (Å²) in [5, 5.41) is 15.9. The van der Waals surface area contributed by atoms with Gasteiger partial charge in [0.25, 0.3) is 0 Å². The molecule has 1 aromatic heterocycles. The van der Waals surface area contributed by atoms with Crippen molar-refractivity contribution in [2.75, 3.05) is 6.54 Å². The van der Waals surface area contributed by atoms with Crippen molar-refractivity contribution < 1.29 is 14.7 Å². The molecular formula is C14H22N4O3. The molecule has 2 amide bonds. The monoisotopic (exact) mass is 294 g/mol. The zero-order valence-electron chi connectivity index (χ0n) is 12.5. The van der Waals surface area contributed by atoms with Gasteiger partial charge in [0.15, 0.2) is 0 Å². The Labute approximate surface area is 123 Å². The van der Waals surface area contributed by atoms with Crippen LogP contribution in [0.4, 0.5) is 4.79 Å². The van der Waals surface area contributed by atoms with Crippen LogP contribution in [0.25, 0.3) is 0 Å². The molecule has 0 spiro atoms. The molecule has 1 aliphatic rings. The van der Waals surface area contributed by atoms with Crippen molar-refractivity contribution in [3.63, 3.8) is 0 Å². The highest BCUT2D eigenvalue weighted by Crippen LogP contribution is 2.23. The third-order valence-electron chi connectivity index (χ3n) is 4.10. The van der Waals surface area contributed by atoms with Crippen molar-refractivity contribution in [1.82, 2.24) is 20.0 Å². The Balaban J connectivity index is 1.97. The van der Waals surface area contributed by atoms with E-state index in [4.69, 9.17) is 5.11 Å². The van der Waals surface area contributed by atoms with E-state index in [0.29, 0.717) is 6.54 Å². The molecule has 0 radical (unpaired) electrons. The smallest absolute Gasteiger partial charge is 0.323 e. The van der Waals surface area contributed by atoms with Gasteiger partial charge in [0, 0.05) is 30.9 Å². The quantitative estimate of drug-likeness (QED) is 0.856. The van der Waals surface area contributed by atoms with Crippen LogP contribution in [0.1, 0.15) is 36.9 Å². The summed E-state index contributed by atoms with van der Waals surface area (Å²) in [5.41, 5.74) is 1.92. The molecule has 1 aromatic rings. The molecule has 7 nitrogen and oxygen atoms in total. The number of aliphatic carboxylic acids is 1. The molecule has 1 aliphatic carbocycles. The van der Waals surface area contributed by atoms with Crippen LogP contribution < -0.4 is 5.32 Å². The fourth-order valence-electron chi connectivity index (χ4n) is 2.72. The second-order valence-electron chi connectivity index (χ2n) is 5.50. The topological polar surface area (TPSA) is 87.5 Å². The van der Waals surface area contributed by atoms with E-state index in [1.165, 1.54) is 4.90 Å². The van der Waals surface area contributed by atoms with E-state index in [2.05, 4.69) is 10.4 Å². The zero-order valence-corrected chi connectivity index (χ0v) is 12.5. The summed E-state index contributed by atoms with van der Waals surface area (Å²) in [6.45, 7) is 2.05. The third-order valence-corrected chi connectivity index (χ3v) is 4.10. The predicted octanol–water partition coefficient (Wildman–Crippen LogP) is 1.27. The highest BCUT2D eigenvalue weighted by Gasteiger charge is 2.28. The normalized spacial score (nSPS) is 15.1. The number of nitrogens with zero attached hydrogens (tertiary/aromatic N) is 3. The lowest BCUT2D eigenvalue weighted by Gasteiger charge is -2.27. The molecule has 0 unspecified atom stereocenters. The van der Waals surface area contributed by atoms with Crippen molar-refractivity contribution >= 4 is 12.0 Å². The first-order valence-electron chi connectivity index (χ1n) is 7.22. The molecule has 2 rings (SSSR count). The number of hydrogen-bond acceptors (Lipinski definition) is 3. The van der Waals surface area contributed by atoms with Crippen LogP contribution >= 0.6 is 0 Å². The first kappa shape index (κ1) is 15.3. The summed E-state index contributed by atoms with van der Waals surface area (Å²) in [4.78, 5) is 24.7. The van der Waals surface area contributed by atoms with Crippen LogP contribution in [0.15, 0.2) is 6.20 Å². The Morgan fingerprint density at radius 3 is 2.67 bits per heavy atom. The molecule has 21 heavy (non-hydrogen) atoms. The molecule has 7 heteroatoms. The van der Waals surface area contributed by atoms with Gasteiger partial charge in [-0.2, -0.15) is 5.10 Å². The van der Waals surface area contributed by atoms with Crippen molar-refractivity contribution in [1.29, 1.82) is 0 Å². The highest BCUT2D eigenvalue weighted by atomic mass is 16.4. The van der Waals surface area contributed by atoms with Gasteiger partial charge in [0.2, 0.25) is 0 Å². The van der Waals surface area contributed by atoms with E-state index >= 15 is 0 Å². The standard InChI is InChI=1S/C14H22N4O3/c1-10-11(8-16-17(10)2)7-15-14(21)18(9-13(19)20)12-5-3-4-6-12/h8,12H,3-7,9H2,1-2H3,(H,15,21)(H,19,20). The van der Waals surface area contributed by atoms with Crippen LogP contribution in [0, 0.1) is 6.92 Å². The summed E-state index contributed by atoms with van der Waals surface area (Å²) in [5.74, 6) is -0.977. The number of carboxylic acid groups (broad SMARTS) is 1. The van der Waals surface area contributed by atoms with E-state index in [1.807, 2.05) is 14.0 Å². The third kappa shape index (κ3) is 3.74. The van der Waals surface area contributed by atoms with E-state index in [9.17, 15) is 9.59 Å². The zero-order chi connectivity index (χ0) is 15.4. The summed E-state index contributed by atoms with van der Waals surface area (Å²) < 4.78 is 1.74. The van der Waals surface area contributed by atoms with E-state index in [0.717, 1.165) is 36.9 Å². The lowest BCUT2D eigenvalue weighted by atomic mass is 10.2. The number of carboxylic acids is 1. The van der Waals surface area contributed by atoms with Gasteiger partial charge < -0.3 is 15.3 Å². The number of carbonyl (C=O) groups excluding carboxylic acids is 1. The minimum Gasteiger partial charge on any atom is -0.480 e. The number of aryl methyl sites for hydroxylation is 1. The molecule has 1 saturated carbocycles. The lowest BCUT2D eigenvalue weighted by Crippen LogP contribution is -2.47. The minimum atomic E-state index is -0.977. The minimum absolute atomic E-state index is 0.0381. The molecule has 1 heterocycles. The van der Waals surface area contributed by atoms with Gasteiger partial charge in [-0.25, -0.2) is 4.79 Å². The number of rotatable bonds is 5. The number of amides is 2. The maximum absolute atomic E-state index is 12.3. The predicted molar refractivity (Wildman–Crippen MR) is 76.8 cm³/mol. The molecule has 0 aliphatic heterocycles. The van der Waals surface area contributed by atoms with E-state index in [1.54, 1.807) is 10.9 Å². The Morgan fingerprint density at radius 1 is 1.48 bits per heavy atom. The van der Waals surface area contributed by atoms with E-state index < -0.39 is 5.97 Å². The van der Waals surface area contributed by atoms with Crippen molar-refractivity contribution in [2.45, 2.75) is 45.2 Å². The van der Waals surface area contributed by atoms with Crippen LogP contribution in [0.5, 0.6) is 0 Å². The summed E-state index contributed by atoms with van der Waals surface area (Å²) in [6, 6.07) is -0.274. The van der Waals surface area contributed by atoms with Crippen molar-refractivity contribution in [2.24, 2.45) is 7.05 Å². The fraction of sp³-hybridized carbons (Fsp3) is 0.643. The summed E-state index contributed by atoms with van der Waals surface area (Å²) in [6.07, 6.45) is 5.58. The average molecular weight is 294 g/mol. The van der Waals surface area contributed by atoms with Gasteiger partial charge in [-0.15, -0.1) is 0 Å². The van der Waals surface area contributed by atoms with Crippen molar-refractivity contribution in [3.05, 3.63) is 17.5 Å². The maximum Gasteiger partial charge on any atom is 0.323 e. The molecule has 0 aromatic carbocycles. The largest absolute Gasteiger partial charge is 0.480 e. The van der Waals surface area contributed by atoms with Gasteiger partial charge in [-0.3, -0.25) is 9.48 Å². The van der Waals surface area contributed by atoms with Crippen LogP contribution in [0.2, 0.25) is 0 Å². The number of carbonyl (C=O) groups is 2. The van der Waals surface area contributed by atoms with Crippen molar-refractivity contribution in [3.8, 4) is 0 Å². The number of aromatic nitrogens is 2. The second-order valence-corrected chi connectivity index (χ2v) is 5.50. The average Bonchev–Trinajstić information content (AvgIpc) is 3.06. The molecule has 2 N–H and O–H groups in total. The SMILES string of the molecule is Cc1c(CNC(=O)N(CC(=O)O)C2CCCC2)cnn1C. The number of urea groups is 1. The first-order valence-corrected chi connectivity index (χ1v) is 7.22. The molecule has 116 valence electrons. The Hall–Kier alpha value is -2.05. The summed E-state index contributed by atoms with van der Waals surface area (Å²) >= 11 is 0. The molecular weight excluding hydrogens is 272 g/mol.